The molecule has 1 aliphatic heterocycles. The van der Waals surface area contributed by atoms with Gasteiger partial charge in [-0.05, 0) is 69.0 Å². The molecule has 1 aliphatic carbocycles. The van der Waals surface area contributed by atoms with Gasteiger partial charge in [0.05, 0.1) is 19.0 Å². The van der Waals surface area contributed by atoms with Crippen molar-refractivity contribution in [2.75, 3.05) is 26.0 Å². The van der Waals surface area contributed by atoms with Gasteiger partial charge in [0, 0.05) is 12.1 Å². The Morgan fingerprint density at radius 1 is 1.20 bits per heavy atom. The molecule has 3 rings (SSSR count). The van der Waals surface area contributed by atoms with Gasteiger partial charge in [0.25, 0.3) is 0 Å². The van der Waals surface area contributed by atoms with Gasteiger partial charge in [0.1, 0.15) is 12.4 Å². The number of para-hydroxylation sites is 1. The Labute approximate surface area is 180 Å². The number of rotatable bonds is 9. The molecular formula is C22H34N2O5S. The summed E-state index contributed by atoms with van der Waals surface area (Å²) < 4.78 is 37.9. The summed E-state index contributed by atoms with van der Waals surface area (Å²) in [5.74, 6) is 1.24. The van der Waals surface area contributed by atoms with Gasteiger partial charge in [0.2, 0.25) is 10.0 Å². The Morgan fingerprint density at radius 2 is 1.97 bits per heavy atom. The van der Waals surface area contributed by atoms with Crippen LogP contribution in [-0.4, -0.2) is 58.9 Å². The molecule has 1 saturated heterocycles. The molecule has 1 saturated carbocycles. The van der Waals surface area contributed by atoms with E-state index >= 15 is 0 Å². The second kappa shape index (κ2) is 10.7. The van der Waals surface area contributed by atoms with E-state index in [9.17, 15) is 13.2 Å². The van der Waals surface area contributed by atoms with Gasteiger partial charge >= 0.3 is 0 Å². The standard InChI is InChI=1S/C22H34N2O5S/c1-16-5-3-6-19(22(16)28-14-13-25)17-8-10-18(11-9-17)29-15-21-20(7-4-12-23-21)24-30(2,26)27/h3,5-6,13,17-18,20-21,23-24H,4,7-12,14-15H2,1-2H3/t17-,18+,20-,21-/m0/s1. The number of hydrogen-bond donors (Lipinski definition) is 2. The van der Waals surface area contributed by atoms with E-state index in [0.29, 0.717) is 12.5 Å². The molecular weight excluding hydrogens is 404 g/mol. The molecule has 0 bridgehead atoms. The second-order valence-electron chi connectivity index (χ2n) is 8.48. The summed E-state index contributed by atoms with van der Waals surface area (Å²) in [6, 6.07) is 6.05. The first-order valence-corrected chi connectivity index (χ1v) is 12.7. The van der Waals surface area contributed by atoms with Crippen molar-refractivity contribution in [2.24, 2.45) is 0 Å². The van der Waals surface area contributed by atoms with E-state index in [1.165, 1.54) is 11.8 Å². The van der Waals surface area contributed by atoms with Crippen molar-refractivity contribution in [3.05, 3.63) is 29.3 Å². The van der Waals surface area contributed by atoms with Gasteiger partial charge in [-0.2, -0.15) is 0 Å². The van der Waals surface area contributed by atoms with Crippen LogP contribution in [0, 0.1) is 6.92 Å². The Balaban J connectivity index is 1.52. The Kier molecular flexibility index (Phi) is 8.27. The average molecular weight is 439 g/mol. The molecule has 30 heavy (non-hydrogen) atoms. The van der Waals surface area contributed by atoms with Gasteiger partial charge in [-0.25, -0.2) is 13.1 Å². The van der Waals surface area contributed by atoms with E-state index < -0.39 is 10.0 Å². The molecule has 0 aromatic heterocycles. The molecule has 1 aromatic rings. The second-order valence-corrected chi connectivity index (χ2v) is 10.3. The van der Waals surface area contributed by atoms with Gasteiger partial charge in [-0.3, -0.25) is 4.79 Å². The van der Waals surface area contributed by atoms with Crippen molar-refractivity contribution in [2.45, 2.75) is 69.6 Å². The largest absolute Gasteiger partial charge is 0.486 e. The molecule has 2 fully saturated rings. The minimum atomic E-state index is -3.23. The summed E-state index contributed by atoms with van der Waals surface area (Å²) >= 11 is 0. The number of carbonyl (C=O) groups excluding carboxylic acids is 1. The van der Waals surface area contributed by atoms with Crippen LogP contribution in [0.25, 0.3) is 0 Å². The fourth-order valence-corrected chi connectivity index (χ4v) is 5.47. The highest BCUT2D eigenvalue weighted by molar-refractivity contribution is 7.88. The molecule has 0 radical (unpaired) electrons. The normalized spacial score (nSPS) is 27.5. The van der Waals surface area contributed by atoms with Crippen LogP contribution in [0.5, 0.6) is 5.75 Å². The lowest BCUT2D eigenvalue weighted by Crippen LogP contribution is -2.55. The molecule has 2 aliphatic rings. The van der Waals surface area contributed by atoms with Crippen LogP contribution in [0.15, 0.2) is 18.2 Å². The predicted octanol–water partition coefficient (Wildman–Crippen LogP) is 2.29. The summed E-state index contributed by atoms with van der Waals surface area (Å²) in [6.45, 7) is 3.49. The van der Waals surface area contributed by atoms with E-state index in [0.717, 1.165) is 62.7 Å². The van der Waals surface area contributed by atoms with Crippen molar-refractivity contribution < 1.29 is 22.7 Å². The fourth-order valence-electron chi connectivity index (χ4n) is 4.64. The van der Waals surface area contributed by atoms with E-state index in [4.69, 9.17) is 9.47 Å². The van der Waals surface area contributed by atoms with Crippen LogP contribution >= 0.6 is 0 Å². The number of piperidine rings is 1. The number of aryl methyl sites for hydroxylation is 1. The molecule has 0 amide bonds. The number of ether oxygens (including phenoxy) is 2. The molecule has 168 valence electrons. The minimum Gasteiger partial charge on any atom is -0.486 e. The van der Waals surface area contributed by atoms with Crippen LogP contribution in [0.2, 0.25) is 0 Å². The zero-order chi connectivity index (χ0) is 21.6. The minimum absolute atomic E-state index is 0.00585. The Morgan fingerprint density at radius 3 is 2.67 bits per heavy atom. The lowest BCUT2D eigenvalue weighted by atomic mass is 9.81. The average Bonchev–Trinajstić information content (AvgIpc) is 2.71. The van der Waals surface area contributed by atoms with Crippen molar-refractivity contribution >= 4 is 16.3 Å². The molecule has 0 spiro atoms. The third kappa shape index (κ3) is 6.51. The van der Waals surface area contributed by atoms with Crippen molar-refractivity contribution in [3.8, 4) is 5.75 Å². The van der Waals surface area contributed by atoms with Crippen LogP contribution in [-0.2, 0) is 19.6 Å². The van der Waals surface area contributed by atoms with Gasteiger partial charge < -0.3 is 14.8 Å². The summed E-state index contributed by atoms with van der Waals surface area (Å²) in [5, 5.41) is 3.40. The van der Waals surface area contributed by atoms with E-state index in [1.54, 1.807) is 0 Å². The highest BCUT2D eigenvalue weighted by Gasteiger charge is 2.30. The third-order valence-corrected chi connectivity index (χ3v) is 6.84. The molecule has 2 atom stereocenters. The number of hydrogen-bond acceptors (Lipinski definition) is 6. The number of benzene rings is 1. The first kappa shape index (κ1) is 23.2. The first-order valence-electron chi connectivity index (χ1n) is 10.9. The van der Waals surface area contributed by atoms with Crippen LogP contribution < -0.4 is 14.8 Å². The summed E-state index contributed by atoms with van der Waals surface area (Å²) in [5.41, 5.74) is 2.24. The quantitative estimate of drug-likeness (QED) is 0.575. The van der Waals surface area contributed by atoms with E-state index in [1.807, 2.05) is 19.1 Å². The molecule has 1 heterocycles. The van der Waals surface area contributed by atoms with Crippen molar-refractivity contribution in [1.29, 1.82) is 0 Å². The topological polar surface area (TPSA) is 93.7 Å². The van der Waals surface area contributed by atoms with Crippen LogP contribution in [0.4, 0.5) is 0 Å². The summed E-state index contributed by atoms with van der Waals surface area (Å²) in [6.07, 6.45) is 7.91. The van der Waals surface area contributed by atoms with Crippen molar-refractivity contribution in [3.63, 3.8) is 0 Å². The highest BCUT2D eigenvalue weighted by atomic mass is 32.2. The number of carbonyl (C=O) groups is 1. The molecule has 8 heteroatoms. The molecule has 0 unspecified atom stereocenters. The SMILES string of the molecule is Cc1cccc([C@H]2CC[C@@H](OC[C@@H]3NCCC[C@@H]3NS(C)(=O)=O)CC2)c1OCC=O. The highest BCUT2D eigenvalue weighted by Crippen LogP contribution is 2.39. The molecule has 2 N–H and O–H groups in total. The Hall–Kier alpha value is -1.48. The molecule has 1 aromatic carbocycles. The lowest BCUT2D eigenvalue weighted by Gasteiger charge is -2.35. The number of aldehydes is 1. The predicted molar refractivity (Wildman–Crippen MR) is 116 cm³/mol. The maximum Gasteiger partial charge on any atom is 0.209 e. The third-order valence-electron chi connectivity index (χ3n) is 6.11. The number of nitrogens with one attached hydrogen (secondary N) is 2. The smallest absolute Gasteiger partial charge is 0.209 e. The van der Waals surface area contributed by atoms with E-state index in [-0.39, 0.29) is 24.8 Å². The van der Waals surface area contributed by atoms with E-state index in [2.05, 4.69) is 16.1 Å². The maximum absolute atomic E-state index is 11.6. The zero-order valence-electron chi connectivity index (χ0n) is 17.9. The van der Waals surface area contributed by atoms with Crippen LogP contribution in [0.3, 0.4) is 0 Å². The lowest BCUT2D eigenvalue weighted by molar-refractivity contribution is -0.109. The monoisotopic (exact) mass is 438 g/mol. The fraction of sp³-hybridized carbons (Fsp3) is 0.682. The number of sulfonamides is 1. The molecule has 7 nitrogen and oxygen atoms in total. The van der Waals surface area contributed by atoms with Crippen molar-refractivity contribution in [1.82, 2.24) is 10.0 Å². The Bertz CT molecular complexity index is 806. The van der Waals surface area contributed by atoms with Gasteiger partial charge in [-0.1, -0.05) is 18.2 Å². The van der Waals surface area contributed by atoms with Crippen LogP contribution in [0.1, 0.15) is 55.6 Å². The van der Waals surface area contributed by atoms with Gasteiger partial charge in [0.15, 0.2) is 6.29 Å². The summed E-state index contributed by atoms with van der Waals surface area (Å²) in [4.78, 5) is 10.7. The maximum atomic E-state index is 11.6. The summed E-state index contributed by atoms with van der Waals surface area (Å²) in [7, 11) is -3.23. The first-order chi connectivity index (χ1) is 14.4. The van der Waals surface area contributed by atoms with Gasteiger partial charge in [-0.15, -0.1) is 0 Å². The zero-order valence-corrected chi connectivity index (χ0v) is 18.7.